The van der Waals surface area contributed by atoms with Crippen molar-refractivity contribution in [1.82, 2.24) is 4.90 Å². The lowest BCUT2D eigenvalue weighted by Crippen LogP contribution is -2.34. The standard InChI is InChI=1S/C15H19NO3/c1-2-9-16(10-12-18)15(19)14-7-5-13(6-8-14)4-3-11-17/h5-8,17-18H,2,9-12H2,1H3. The fourth-order valence-electron chi connectivity index (χ4n) is 1.73. The van der Waals surface area contributed by atoms with Gasteiger partial charge in [-0.05, 0) is 30.7 Å². The highest BCUT2D eigenvalue weighted by molar-refractivity contribution is 5.94. The van der Waals surface area contributed by atoms with Crippen LogP contribution in [-0.2, 0) is 0 Å². The number of nitrogens with zero attached hydrogens (tertiary/aromatic N) is 1. The monoisotopic (exact) mass is 261 g/mol. The van der Waals surface area contributed by atoms with Crippen molar-refractivity contribution in [3.8, 4) is 11.8 Å². The number of hydrogen-bond donors (Lipinski definition) is 2. The fourth-order valence-corrected chi connectivity index (χ4v) is 1.73. The third kappa shape index (κ3) is 4.74. The van der Waals surface area contributed by atoms with Crippen LogP contribution in [0.4, 0.5) is 0 Å². The van der Waals surface area contributed by atoms with E-state index < -0.39 is 0 Å². The summed E-state index contributed by atoms with van der Waals surface area (Å²) in [7, 11) is 0. The minimum absolute atomic E-state index is 0.0359. The molecule has 0 aliphatic carbocycles. The quantitative estimate of drug-likeness (QED) is 0.773. The summed E-state index contributed by atoms with van der Waals surface area (Å²) in [6.07, 6.45) is 0.853. The summed E-state index contributed by atoms with van der Waals surface area (Å²) >= 11 is 0. The molecule has 19 heavy (non-hydrogen) atoms. The number of carbonyl (C=O) groups is 1. The van der Waals surface area contributed by atoms with Crippen LogP contribution in [0.1, 0.15) is 29.3 Å². The molecule has 4 heteroatoms. The summed E-state index contributed by atoms with van der Waals surface area (Å²) in [6.45, 7) is 2.75. The molecular formula is C15H19NO3. The largest absolute Gasteiger partial charge is 0.395 e. The first-order valence-corrected chi connectivity index (χ1v) is 6.32. The first-order chi connectivity index (χ1) is 9.22. The van der Waals surface area contributed by atoms with Gasteiger partial charge >= 0.3 is 0 Å². The number of carbonyl (C=O) groups excluding carboxylic acids is 1. The zero-order valence-electron chi connectivity index (χ0n) is 11.1. The van der Waals surface area contributed by atoms with Gasteiger partial charge in [-0.2, -0.15) is 0 Å². The Bertz CT molecular complexity index is 451. The molecule has 1 amide bonds. The number of hydrogen-bond acceptors (Lipinski definition) is 3. The van der Waals surface area contributed by atoms with E-state index in [9.17, 15) is 4.79 Å². The maximum absolute atomic E-state index is 12.2. The lowest BCUT2D eigenvalue weighted by atomic mass is 10.1. The molecule has 0 aromatic heterocycles. The Morgan fingerprint density at radius 1 is 1.21 bits per heavy atom. The summed E-state index contributed by atoms with van der Waals surface area (Å²) in [5.74, 6) is 5.24. The third-order valence-corrected chi connectivity index (χ3v) is 2.59. The van der Waals surface area contributed by atoms with Crippen molar-refractivity contribution < 1.29 is 15.0 Å². The molecule has 2 N–H and O–H groups in total. The summed E-state index contributed by atoms with van der Waals surface area (Å²) in [5, 5.41) is 17.6. The van der Waals surface area contributed by atoms with Gasteiger partial charge in [0.2, 0.25) is 0 Å². The van der Waals surface area contributed by atoms with Crippen molar-refractivity contribution in [2.24, 2.45) is 0 Å². The molecule has 102 valence electrons. The molecule has 0 aliphatic heterocycles. The minimum atomic E-state index is -0.179. The van der Waals surface area contributed by atoms with Crippen molar-refractivity contribution in [2.75, 3.05) is 26.3 Å². The van der Waals surface area contributed by atoms with Crippen LogP contribution < -0.4 is 0 Å². The number of rotatable bonds is 5. The van der Waals surface area contributed by atoms with E-state index in [1.54, 1.807) is 29.2 Å². The molecule has 1 rings (SSSR count). The van der Waals surface area contributed by atoms with Crippen LogP contribution in [-0.4, -0.2) is 47.3 Å². The zero-order chi connectivity index (χ0) is 14.1. The van der Waals surface area contributed by atoms with Crippen molar-refractivity contribution in [1.29, 1.82) is 0 Å². The highest BCUT2D eigenvalue weighted by Gasteiger charge is 2.13. The zero-order valence-corrected chi connectivity index (χ0v) is 11.1. The van der Waals surface area contributed by atoms with Gasteiger partial charge in [0.25, 0.3) is 5.91 Å². The topological polar surface area (TPSA) is 60.8 Å². The molecule has 0 heterocycles. The maximum Gasteiger partial charge on any atom is 0.253 e. The second-order valence-electron chi connectivity index (χ2n) is 4.05. The third-order valence-electron chi connectivity index (χ3n) is 2.59. The predicted octanol–water partition coefficient (Wildman–Crippen LogP) is 0.875. The summed E-state index contributed by atoms with van der Waals surface area (Å²) < 4.78 is 0. The molecule has 0 bridgehead atoms. The lowest BCUT2D eigenvalue weighted by Gasteiger charge is -2.21. The van der Waals surface area contributed by atoms with E-state index in [2.05, 4.69) is 11.8 Å². The summed E-state index contributed by atoms with van der Waals surface area (Å²) in [5.41, 5.74) is 1.34. The Morgan fingerprint density at radius 2 is 1.89 bits per heavy atom. The van der Waals surface area contributed by atoms with E-state index >= 15 is 0 Å². The van der Waals surface area contributed by atoms with Crippen LogP contribution in [0.15, 0.2) is 24.3 Å². The van der Waals surface area contributed by atoms with Gasteiger partial charge in [0.05, 0.1) is 6.61 Å². The van der Waals surface area contributed by atoms with Crippen LogP contribution in [0.5, 0.6) is 0 Å². The van der Waals surface area contributed by atoms with Gasteiger partial charge in [-0.3, -0.25) is 4.79 Å². The average Bonchev–Trinajstić information content (AvgIpc) is 2.44. The minimum Gasteiger partial charge on any atom is -0.395 e. The number of aliphatic hydroxyl groups excluding tert-OH is 2. The Morgan fingerprint density at radius 3 is 2.42 bits per heavy atom. The van der Waals surface area contributed by atoms with Crippen LogP contribution in [0.2, 0.25) is 0 Å². The van der Waals surface area contributed by atoms with Crippen molar-refractivity contribution in [3.63, 3.8) is 0 Å². The summed E-state index contributed by atoms with van der Waals surface area (Å²) in [4.78, 5) is 13.8. The number of amides is 1. The van der Waals surface area contributed by atoms with E-state index in [0.29, 0.717) is 18.7 Å². The fraction of sp³-hybridized carbons (Fsp3) is 0.400. The SMILES string of the molecule is CCCN(CCO)C(=O)c1ccc(C#CCO)cc1. The molecule has 0 radical (unpaired) electrons. The van der Waals surface area contributed by atoms with E-state index in [0.717, 1.165) is 12.0 Å². The molecule has 4 nitrogen and oxygen atoms in total. The van der Waals surface area contributed by atoms with Gasteiger partial charge in [-0.1, -0.05) is 18.8 Å². The molecule has 0 saturated heterocycles. The van der Waals surface area contributed by atoms with E-state index in [1.165, 1.54) is 0 Å². The van der Waals surface area contributed by atoms with Gasteiger partial charge in [-0.15, -0.1) is 0 Å². The Hall–Kier alpha value is -1.83. The van der Waals surface area contributed by atoms with Crippen molar-refractivity contribution in [2.45, 2.75) is 13.3 Å². The average molecular weight is 261 g/mol. The Labute approximate surface area is 113 Å². The number of benzene rings is 1. The molecule has 0 saturated carbocycles. The molecule has 0 fully saturated rings. The predicted molar refractivity (Wildman–Crippen MR) is 73.7 cm³/mol. The Kier molecular flexibility index (Phi) is 6.65. The van der Waals surface area contributed by atoms with E-state index in [4.69, 9.17) is 10.2 Å². The molecule has 0 spiro atoms. The van der Waals surface area contributed by atoms with Gasteiger partial charge in [0.15, 0.2) is 0 Å². The van der Waals surface area contributed by atoms with Gasteiger partial charge < -0.3 is 15.1 Å². The first kappa shape index (κ1) is 15.2. The second-order valence-corrected chi connectivity index (χ2v) is 4.05. The maximum atomic E-state index is 12.2. The molecule has 0 atom stereocenters. The highest BCUT2D eigenvalue weighted by atomic mass is 16.3. The van der Waals surface area contributed by atoms with Gasteiger partial charge in [0.1, 0.15) is 6.61 Å². The van der Waals surface area contributed by atoms with Crippen molar-refractivity contribution >= 4 is 5.91 Å². The van der Waals surface area contributed by atoms with Crippen LogP contribution in [0.25, 0.3) is 0 Å². The van der Waals surface area contributed by atoms with Crippen LogP contribution in [0.3, 0.4) is 0 Å². The molecule has 1 aromatic carbocycles. The molecule has 1 aromatic rings. The highest BCUT2D eigenvalue weighted by Crippen LogP contribution is 2.07. The second kappa shape index (κ2) is 8.30. The number of aliphatic hydroxyl groups is 2. The van der Waals surface area contributed by atoms with Gasteiger partial charge in [0, 0.05) is 24.2 Å². The lowest BCUT2D eigenvalue weighted by molar-refractivity contribution is 0.0722. The van der Waals surface area contributed by atoms with Crippen LogP contribution in [0, 0.1) is 11.8 Å². The van der Waals surface area contributed by atoms with Crippen LogP contribution >= 0.6 is 0 Å². The van der Waals surface area contributed by atoms with E-state index in [1.807, 2.05) is 6.92 Å². The normalized spacial score (nSPS) is 9.63. The van der Waals surface area contributed by atoms with Crippen molar-refractivity contribution in [3.05, 3.63) is 35.4 Å². The first-order valence-electron chi connectivity index (χ1n) is 6.32. The smallest absolute Gasteiger partial charge is 0.253 e. The Balaban J connectivity index is 2.80. The van der Waals surface area contributed by atoms with Gasteiger partial charge in [-0.25, -0.2) is 0 Å². The molecular weight excluding hydrogens is 242 g/mol. The van der Waals surface area contributed by atoms with E-state index in [-0.39, 0.29) is 19.1 Å². The molecule has 0 aliphatic rings. The summed E-state index contributed by atoms with van der Waals surface area (Å²) in [6, 6.07) is 6.92. The molecule has 0 unspecified atom stereocenters.